The number of nitrogens with zero attached hydrogens (tertiary/aromatic N) is 1. The van der Waals surface area contributed by atoms with Crippen LogP contribution in [0.2, 0.25) is 0 Å². The molecule has 4 heteroatoms. The summed E-state index contributed by atoms with van der Waals surface area (Å²) in [6.45, 7) is 1.29. The molecule has 3 rings (SSSR count). The Labute approximate surface area is 104 Å². The maximum Gasteiger partial charge on any atom is 0.161 e. The van der Waals surface area contributed by atoms with Gasteiger partial charge in [-0.05, 0) is 24.3 Å². The molecule has 0 saturated carbocycles. The SMILES string of the molecule is Fc1ccnc(-c2ccc3c(c2)OCCCO3)c1. The molecule has 2 heterocycles. The summed E-state index contributed by atoms with van der Waals surface area (Å²) in [5, 5.41) is 0. The number of hydrogen-bond donors (Lipinski definition) is 0. The molecule has 0 unspecified atom stereocenters. The summed E-state index contributed by atoms with van der Waals surface area (Å²) in [5.41, 5.74) is 1.41. The first-order valence-electron chi connectivity index (χ1n) is 5.84. The third-order valence-electron chi connectivity index (χ3n) is 2.77. The van der Waals surface area contributed by atoms with Crippen molar-refractivity contribution in [2.45, 2.75) is 6.42 Å². The third-order valence-corrected chi connectivity index (χ3v) is 2.77. The van der Waals surface area contributed by atoms with E-state index >= 15 is 0 Å². The molecule has 3 nitrogen and oxygen atoms in total. The van der Waals surface area contributed by atoms with Crippen molar-refractivity contribution in [1.82, 2.24) is 4.98 Å². The Morgan fingerprint density at radius 2 is 1.83 bits per heavy atom. The molecule has 2 aromatic rings. The average molecular weight is 245 g/mol. The van der Waals surface area contributed by atoms with Gasteiger partial charge in [0.05, 0.1) is 18.9 Å². The zero-order valence-electron chi connectivity index (χ0n) is 9.73. The van der Waals surface area contributed by atoms with E-state index in [9.17, 15) is 4.39 Å². The van der Waals surface area contributed by atoms with E-state index in [1.807, 2.05) is 18.2 Å². The fourth-order valence-electron chi connectivity index (χ4n) is 1.89. The molecular weight excluding hydrogens is 233 g/mol. The Morgan fingerprint density at radius 3 is 2.67 bits per heavy atom. The summed E-state index contributed by atoms with van der Waals surface area (Å²) in [5.74, 6) is 1.12. The fraction of sp³-hybridized carbons (Fsp3) is 0.214. The molecule has 1 aliphatic rings. The topological polar surface area (TPSA) is 31.4 Å². The van der Waals surface area contributed by atoms with Crippen LogP contribution in [0.4, 0.5) is 4.39 Å². The van der Waals surface area contributed by atoms with Crippen molar-refractivity contribution in [2.75, 3.05) is 13.2 Å². The van der Waals surface area contributed by atoms with Gasteiger partial charge in [0.25, 0.3) is 0 Å². The fourth-order valence-corrected chi connectivity index (χ4v) is 1.89. The summed E-state index contributed by atoms with van der Waals surface area (Å²) in [7, 11) is 0. The van der Waals surface area contributed by atoms with E-state index in [0.29, 0.717) is 24.7 Å². The zero-order chi connectivity index (χ0) is 12.4. The summed E-state index contributed by atoms with van der Waals surface area (Å²) in [4.78, 5) is 4.15. The van der Waals surface area contributed by atoms with Crippen molar-refractivity contribution < 1.29 is 13.9 Å². The highest BCUT2D eigenvalue weighted by Gasteiger charge is 2.12. The zero-order valence-corrected chi connectivity index (χ0v) is 9.73. The highest BCUT2D eigenvalue weighted by molar-refractivity contribution is 5.63. The van der Waals surface area contributed by atoms with Gasteiger partial charge in [0.1, 0.15) is 5.82 Å². The number of pyridine rings is 1. The Balaban J connectivity index is 2.01. The van der Waals surface area contributed by atoms with Crippen LogP contribution in [-0.2, 0) is 0 Å². The van der Waals surface area contributed by atoms with E-state index in [2.05, 4.69) is 4.98 Å². The summed E-state index contributed by atoms with van der Waals surface area (Å²) >= 11 is 0. The monoisotopic (exact) mass is 245 g/mol. The van der Waals surface area contributed by atoms with Crippen LogP contribution in [-0.4, -0.2) is 18.2 Å². The van der Waals surface area contributed by atoms with E-state index < -0.39 is 0 Å². The standard InChI is InChI=1S/C14H12FNO2/c15-11-4-5-16-12(9-11)10-2-3-13-14(8-10)18-7-1-6-17-13/h2-5,8-9H,1,6-7H2. The average Bonchev–Trinajstić information content (AvgIpc) is 2.63. The molecule has 0 saturated heterocycles. The number of halogens is 1. The lowest BCUT2D eigenvalue weighted by Gasteiger charge is -2.09. The number of benzene rings is 1. The van der Waals surface area contributed by atoms with E-state index in [-0.39, 0.29) is 5.82 Å². The van der Waals surface area contributed by atoms with Crippen LogP contribution < -0.4 is 9.47 Å². The second kappa shape index (κ2) is 4.64. The number of aromatic nitrogens is 1. The van der Waals surface area contributed by atoms with Gasteiger partial charge in [-0.3, -0.25) is 4.98 Å². The van der Waals surface area contributed by atoms with Crippen LogP contribution in [0.25, 0.3) is 11.3 Å². The van der Waals surface area contributed by atoms with Crippen molar-refractivity contribution in [2.24, 2.45) is 0 Å². The van der Waals surface area contributed by atoms with E-state index in [4.69, 9.17) is 9.47 Å². The molecule has 1 aliphatic heterocycles. The molecule has 0 N–H and O–H groups in total. The third kappa shape index (κ3) is 2.14. The van der Waals surface area contributed by atoms with Crippen LogP contribution in [0.15, 0.2) is 36.5 Å². The van der Waals surface area contributed by atoms with Gasteiger partial charge >= 0.3 is 0 Å². The van der Waals surface area contributed by atoms with Crippen LogP contribution in [0.3, 0.4) is 0 Å². The van der Waals surface area contributed by atoms with E-state index in [0.717, 1.165) is 17.7 Å². The lowest BCUT2D eigenvalue weighted by Crippen LogP contribution is -1.97. The number of hydrogen-bond acceptors (Lipinski definition) is 3. The first-order chi connectivity index (χ1) is 8.83. The quantitative estimate of drug-likeness (QED) is 0.773. The van der Waals surface area contributed by atoms with Crippen LogP contribution in [0, 0.1) is 5.82 Å². The minimum Gasteiger partial charge on any atom is -0.490 e. The van der Waals surface area contributed by atoms with Gasteiger partial charge in [-0.2, -0.15) is 0 Å². The Bertz CT molecular complexity index is 571. The van der Waals surface area contributed by atoms with Gasteiger partial charge in [-0.15, -0.1) is 0 Å². The minimum atomic E-state index is -0.299. The molecule has 0 atom stereocenters. The molecule has 18 heavy (non-hydrogen) atoms. The van der Waals surface area contributed by atoms with Gasteiger partial charge in [0.2, 0.25) is 0 Å². The molecule has 0 aliphatic carbocycles. The van der Waals surface area contributed by atoms with Crippen molar-refractivity contribution in [1.29, 1.82) is 0 Å². The van der Waals surface area contributed by atoms with Gasteiger partial charge in [0, 0.05) is 24.2 Å². The molecule has 0 bridgehead atoms. The first-order valence-corrected chi connectivity index (χ1v) is 5.84. The molecular formula is C14H12FNO2. The normalized spacial score (nSPS) is 14.1. The van der Waals surface area contributed by atoms with Crippen LogP contribution in [0.1, 0.15) is 6.42 Å². The first kappa shape index (κ1) is 11.0. The van der Waals surface area contributed by atoms with E-state index in [1.165, 1.54) is 18.3 Å². The van der Waals surface area contributed by atoms with Crippen molar-refractivity contribution in [3.8, 4) is 22.8 Å². The number of ether oxygens (including phenoxy) is 2. The van der Waals surface area contributed by atoms with Crippen LogP contribution in [0.5, 0.6) is 11.5 Å². The second-order valence-electron chi connectivity index (χ2n) is 4.07. The van der Waals surface area contributed by atoms with Gasteiger partial charge in [-0.1, -0.05) is 0 Å². The maximum absolute atomic E-state index is 13.2. The predicted molar refractivity (Wildman–Crippen MR) is 65.2 cm³/mol. The number of rotatable bonds is 1. The molecule has 0 fully saturated rings. The molecule has 0 radical (unpaired) electrons. The smallest absolute Gasteiger partial charge is 0.161 e. The highest BCUT2D eigenvalue weighted by Crippen LogP contribution is 2.33. The summed E-state index contributed by atoms with van der Waals surface area (Å²) in [6.07, 6.45) is 2.32. The van der Waals surface area contributed by atoms with E-state index in [1.54, 1.807) is 0 Å². The number of fused-ring (bicyclic) bond motifs is 1. The van der Waals surface area contributed by atoms with Gasteiger partial charge < -0.3 is 9.47 Å². The largest absolute Gasteiger partial charge is 0.490 e. The van der Waals surface area contributed by atoms with Crippen molar-refractivity contribution in [3.63, 3.8) is 0 Å². The predicted octanol–water partition coefficient (Wildman–Crippen LogP) is 3.05. The van der Waals surface area contributed by atoms with Crippen molar-refractivity contribution >= 4 is 0 Å². The summed E-state index contributed by atoms with van der Waals surface area (Å²) < 4.78 is 24.3. The Hall–Kier alpha value is -2.10. The lowest BCUT2D eigenvalue weighted by molar-refractivity contribution is 0.297. The Morgan fingerprint density at radius 1 is 1.00 bits per heavy atom. The van der Waals surface area contributed by atoms with Gasteiger partial charge in [-0.25, -0.2) is 4.39 Å². The van der Waals surface area contributed by atoms with Gasteiger partial charge in [0.15, 0.2) is 11.5 Å². The molecule has 1 aromatic carbocycles. The maximum atomic E-state index is 13.2. The molecule has 0 amide bonds. The van der Waals surface area contributed by atoms with Crippen molar-refractivity contribution in [3.05, 3.63) is 42.3 Å². The van der Waals surface area contributed by atoms with Crippen LogP contribution >= 0.6 is 0 Å². The summed E-state index contributed by atoms with van der Waals surface area (Å²) in [6, 6.07) is 8.26. The molecule has 0 spiro atoms. The Kier molecular flexibility index (Phi) is 2.84. The second-order valence-corrected chi connectivity index (χ2v) is 4.07. The molecule has 92 valence electrons. The minimum absolute atomic E-state index is 0.299. The molecule has 1 aromatic heterocycles. The lowest BCUT2D eigenvalue weighted by atomic mass is 10.1. The highest BCUT2D eigenvalue weighted by atomic mass is 19.1.